The number of aromatic nitrogens is 1. The molecule has 6 nitrogen and oxygen atoms in total. The molecule has 1 unspecified atom stereocenters. The molecule has 0 aliphatic carbocycles. The number of amides is 1. The van der Waals surface area contributed by atoms with Crippen molar-refractivity contribution in [2.24, 2.45) is 5.73 Å². The maximum Gasteiger partial charge on any atom is 0.240 e. The average Bonchev–Trinajstić information content (AvgIpc) is 2.94. The summed E-state index contributed by atoms with van der Waals surface area (Å²) in [5, 5.41) is 3.27. The number of hydrogen-bond donors (Lipinski definition) is 2. The number of carbonyl (C=O) groups is 1. The van der Waals surface area contributed by atoms with Gasteiger partial charge >= 0.3 is 0 Å². The van der Waals surface area contributed by atoms with Crippen LogP contribution < -0.4 is 16.0 Å². The third-order valence-electron chi connectivity index (χ3n) is 3.50. The van der Waals surface area contributed by atoms with Gasteiger partial charge in [0.25, 0.3) is 0 Å². The Morgan fingerprint density at radius 1 is 1.60 bits per heavy atom. The van der Waals surface area contributed by atoms with Gasteiger partial charge in [-0.25, -0.2) is 4.98 Å². The van der Waals surface area contributed by atoms with Gasteiger partial charge in [-0.15, -0.1) is 0 Å². The monoisotopic (exact) mass is 278 g/mol. The Hall–Kier alpha value is -1.66. The predicted molar refractivity (Wildman–Crippen MR) is 77.4 cm³/mol. The maximum atomic E-state index is 11.4. The van der Waals surface area contributed by atoms with Crippen molar-refractivity contribution in [3.05, 3.63) is 23.9 Å². The molecule has 0 spiro atoms. The normalized spacial score (nSPS) is 18.4. The van der Waals surface area contributed by atoms with Crippen LogP contribution in [0.4, 0.5) is 5.82 Å². The highest BCUT2D eigenvalue weighted by Gasteiger charge is 2.29. The molecule has 1 atom stereocenters. The van der Waals surface area contributed by atoms with Crippen molar-refractivity contribution in [1.82, 2.24) is 10.3 Å². The van der Waals surface area contributed by atoms with Crippen molar-refractivity contribution in [2.45, 2.75) is 25.4 Å². The number of pyridine rings is 1. The van der Waals surface area contributed by atoms with Gasteiger partial charge in [-0.3, -0.25) is 4.79 Å². The lowest BCUT2D eigenvalue weighted by Crippen LogP contribution is -2.40. The van der Waals surface area contributed by atoms with Crippen LogP contribution in [0.3, 0.4) is 0 Å². The molecule has 2 heterocycles. The zero-order valence-electron chi connectivity index (χ0n) is 11.8. The van der Waals surface area contributed by atoms with Crippen LogP contribution in [0.15, 0.2) is 18.3 Å². The van der Waals surface area contributed by atoms with Crippen LogP contribution in [0.1, 0.15) is 18.4 Å². The molecule has 3 N–H and O–H groups in total. The fourth-order valence-electron chi connectivity index (χ4n) is 2.43. The van der Waals surface area contributed by atoms with E-state index >= 15 is 0 Å². The van der Waals surface area contributed by atoms with Crippen LogP contribution in [0.5, 0.6) is 0 Å². The minimum atomic E-state index is -0.269. The van der Waals surface area contributed by atoms with E-state index in [2.05, 4.69) is 10.3 Å². The first-order valence-corrected chi connectivity index (χ1v) is 6.93. The molecule has 1 fully saturated rings. The van der Waals surface area contributed by atoms with Crippen LogP contribution in [-0.4, -0.2) is 43.7 Å². The van der Waals surface area contributed by atoms with Gasteiger partial charge in [-0.1, -0.05) is 6.07 Å². The number of nitrogens with zero attached hydrogens (tertiary/aromatic N) is 2. The van der Waals surface area contributed by atoms with Crippen molar-refractivity contribution < 1.29 is 9.53 Å². The molecule has 20 heavy (non-hydrogen) atoms. The van der Waals surface area contributed by atoms with E-state index in [1.165, 1.54) is 0 Å². The number of ether oxygens (including phenoxy) is 1. The van der Waals surface area contributed by atoms with Gasteiger partial charge in [0, 0.05) is 32.9 Å². The summed E-state index contributed by atoms with van der Waals surface area (Å²) in [5.41, 5.74) is 6.53. The van der Waals surface area contributed by atoms with Crippen molar-refractivity contribution in [2.75, 3.05) is 31.7 Å². The van der Waals surface area contributed by atoms with E-state index in [1.54, 1.807) is 7.11 Å². The molecular weight excluding hydrogens is 256 g/mol. The van der Waals surface area contributed by atoms with Crippen molar-refractivity contribution in [3.63, 3.8) is 0 Å². The van der Waals surface area contributed by atoms with Crippen LogP contribution in [0.25, 0.3) is 0 Å². The molecule has 6 heteroatoms. The number of primary amides is 1. The van der Waals surface area contributed by atoms with E-state index in [-0.39, 0.29) is 11.9 Å². The molecule has 0 saturated carbocycles. The summed E-state index contributed by atoms with van der Waals surface area (Å²) in [6, 6.07) is 3.76. The second kappa shape index (κ2) is 7.21. The first kappa shape index (κ1) is 14.7. The highest BCUT2D eigenvalue weighted by atomic mass is 16.5. The number of nitrogens with two attached hydrogens (primary N) is 1. The van der Waals surface area contributed by atoms with E-state index in [0.717, 1.165) is 43.9 Å². The van der Waals surface area contributed by atoms with Gasteiger partial charge in [-0.05, 0) is 24.5 Å². The Morgan fingerprint density at radius 3 is 3.10 bits per heavy atom. The lowest BCUT2D eigenvalue weighted by molar-refractivity contribution is -0.119. The molecule has 0 bridgehead atoms. The average molecular weight is 278 g/mol. The van der Waals surface area contributed by atoms with Crippen molar-refractivity contribution >= 4 is 11.7 Å². The summed E-state index contributed by atoms with van der Waals surface area (Å²) in [5.74, 6) is 0.557. The molecule has 1 aliphatic rings. The number of carbonyl (C=O) groups excluding carboxylic acids is 1. The van der Waals surface area contributed by atoms with Crippen LogP contribution >= 0.6 is 0 Å². The highest BCUT2D eigenvalue weighted by Crippen LogP contribution is 2.23. The number of rotatable bonds is 7. The van der Waals surface area contributed by atoms with Gasteiger partial charge in [0.2, 0.25) is 5.91 Å². The predicted octanol–water partition coefficient (Wildman–Crippen LogP) is 0.272. The number of methoxy groups -OCH3 is 1. The van der Waals surface area contributed by atoms with Gasteiger partial charge in [-0.2, -0.15) is 0 Å². The first-order chi connectivity index (χ1) is 9.72. The Bertz CT molecular complexity index is 435. The molecule has 0 radical (unpaired) electrons. The molecule has 0 aromatic carbocycles. The zero-order chi connectivity index (χ0) is 14.4. The standard InChI is InChI=1S/C14H22N4O2/c1-20-8-6-16-9-11-4-5-13(17-10-11)18-7-2-3-12(18)14(15)19/h4-5,10,12,16H,2-3,6-9H2,1H3,(H2,15,19). The second-order valence-electron chi connectivity index (χ2n) is 4.95. The summed E-state index contributed by atoms with van der Waals surface area (Å²) >= 11 is 0. The maximum absolute atomic E-state index is 11.4. The summed E-state index contributed by atoms with van der Waals surface area (Å²) in [6.45, 7) is 3.11. The summed E-state index contributed by atoms with van der Waals surface area (Å²) in [4.78, 5) is 17.8. The molecule has 1 saturated heterocycles. The minimum Gasteiger partial charge on any atom is -0.383 e. The SMILES string of the molecule is COCCNCc1ccc(N2CCCC2C(N)=O)nc1. The Labute approximate surface area is 119 Å². The zero-order valence-corrected chi connectivity index (χ0v) is 11.8. The number of anilines is 1. The number of hydrogen-bond acceptors (Lipinski definition) is 5. The molecule has 1 aliphatic heterocycles. The van der Waals surface area contributed by atoms with Crippen molar-refractivity contribution in [1.29, 1.82) is 0 Å². The van der Waals surface area contributed by atoms with Gasteiger partial charge < -0.3 is 20.7 Å². The third kappa shape index (κ3) is 3.68. The molecule has 1 aromatic rings. The Balaban J connectivity index is 1.92. The Morgan fingerprint density at radius 2 is 2.45 bits per heavy atom. The molecular formula is C14H22N4O2. The van der Waals surface area contributed by atoms with E-state index in [9.17, 15) is 4.79 Å². The molecule has 110 valence electrons. The highest BCUT2D eigenvalue weighted by molar-refractivity contribution is 5.83. The van der Waals surface area contributed by atoms with Gasteiger partial charge in [0.15, 0.2) is 0 Å². The topological polar surface area (TPSA) is 80.5 Å². The summed E-state index contributed by atoms with van der Waals surface area (Å²) < 4.78 is 4.97. The number of nitrogens with one attached hydrogen (secondary N) is 1. The fraction of sp³-hybridized carbons (Fsp3) is 0.571. The van der Waals surface area contributed by atoms with Gasteiger partial charge in [0.1, 0.15) is 11.9 Å². The minimum absolute atomic E-state index is 0.215. The van der Waals surface area contributed by atoms with E-state index in [0.29, 0.717) is 6.61 Å². The second-order valence-corrected chi connectivity index (χ2v) is 4.95. The quantitative estimate of drug-likeness (QED) is 0.700. The van der Waals surface area contributed by atoms with Crippen LogP contribution in [0.2, 0.25) is 0 Å². The van der Waals surface area contributed by atoms with Crippen molar-refractivity contribution in [3.8, 4) is 0 Å². The Kier molecular flexibility index (Phi) is 5.31. The largest absolute Gasteiger partial charge is 0.383 e. The molecule has 1 aromatic heterocycles. The van der Waals surface area contributed by atoms with Crippen LogP contribution in [0, 0.1) is 0 Å². The lowest BCUT2D eigenvalue weighted by atomic mass is 10.2. The first-order valence-electron chi connectivity index (χ1n) is 6.93. The molecule has 2 rings (SSSR count). The lowest BCUT2D eigenvalue weighted by Gasteiger charge is -2.23. The van der Waals surface area contributed by atoms with E-state index in [4.69, 9.17) is 10.5 Å². The smallest absolute Gasteiger partial charge is 0.240 e. The van der Waals surface area contributed by atoms with E-state index in [1.807, 2.05) is 23.2 Å². The summed E-state index contributed by atoms with van der Waals surface area (Å²) in [6.07, 6.45) is 3.64. The summed E-state index contributed by atoms with van der Waals surface area (Å²) in [7, 11) is 1.68. The molecule has 1 amide bonds. The van der Waals surface area contributed by atoms with Gasteiger partial charge in [0.05, 0.1) is 6.61 Å². The third-order valence-corrected chi connectivity index (χ3v) is 3.50. The fourth-order valence-corrected chi connectivity index (χ4v) is 2.43. The van der Waals surface area contributed by atoms with E-state index < -0.39 is 0 Å². The van der Waals surface area contributed by atoms with Crippen LogP contribution in [-0.2, 0) is 16.1 Å².